The molecule has 1 aromatic carbocycles. The molecule has 0 radical (unpaired) electrons. The average Bonchev–Trinajstić information content (AvgIpc) is 2.74. The van der Waals surface area contributed by atoms with Crippen LogP contribution in [-0.4, -0.2) is 53.8 Å². The van der Waals surface area contributed by atoms with Crippen molar-refractivity contribution < 1.29 is 9.59 Å². The van der Waals surface area contributed by atoms with Crippen LogP contribution in [0.1, 0.15) is 38.2 Å². The molecule has 0 N–H and O–H groups in total. The van der Waals surface area contributed by atoms with Gasteiger partial charge in [-0.1, -0.05) is 37.3 Å². The third-order valence-corrected chi connectivity index (χ3v) is 5.72. The summed E-state index contributed by atoms with van der Waals surface area (Å²) in [7, 11) is 3.62. The Bertz CT molecular complexity index is 850. The summed E-state index contributed by atoms with van der Waals surface area (Å²) in [6.45, 7) is 3.26. The molecule has 1 aromatic heterocycles. The van der Waals surface area contributed by atoms with Gasteiger partial charge in [-0.3, -0.25) is 14.6 Å². The second-order valence-corrected chi connectivity index (χ2v) is 8.27. The fourth-order valence-electron chi connectivity index (χ4n) is 4.37. The van der Waals surface area contributed by atoms with Crippen LogP contribution < -0.4 is 0 Å². The van der Waals surface area contributed by atoms with Crippen LogP contribution in [0.2, 0.25) is 0 Å². The lowest BCUT2D eigenvalue weighted by atomic mass is 9.73. The zero-order chi connectivity index (χ0) is 20.9. The highest BCUT2D eigenvalue weighted by molar-refractivity contribution is 5.85. The summed E-state index contributed by atoms with van der Waals surface area (Å²) in [6, 6.07) is 12.3. The van der Waals surface area contributed by atoms with Gasteiger partial charge in [0, 0.05) is 46.0 Å². The van der Waals surface area contributed by atoms with E-state index in [1.54, 1.807) is 11.1 Å². The third-order valence-electron chi connectivity index (χ3n) is 5.72. The zero-order valence-electron chi connectivity index (χ0n) is 17.7. The number of piperidine rings is 1. The number of nitrogens with zero attached hydrogens (tertiary/aromatic N) is 3. The average molecular weight is 394 g/mol. The number of hydrogen-bond acceptors (Lipinski definition) is 3. The maximum atomic E-state index is 13.3. The highest BCUT2D eigenvalue weighted by Crippen LogP contribution is 2.36. The van der Waals surface area contributed by atoms with Gasteiger partial charge in [0.25, 0.3) is 0 Å². The van der Waals surface area contributed by atoms with Crippen molar-refractivity contribution in [3.05, 3.63) is 54.4 Å². The summed E-state index contributed by atoms with van der Waals surface area (Å²) in [6.07, 6.45) is 7.29. The fraction of sp³-hybridized carbons (Fsp3) is 0.458. The molecule has 1 aliphatic heterocycles. The van der Waals surface area contributed by atoms with Crippen LogP contribution >= 0.6 is 0 Å². The zero-order valence-corrected chi connectivity index (χ0v) is 17.7. The summed E-state index contributed by atoms with van der Waals surface area (Å²) < 4.78 is 0. The first-order chi connectivity index (χ1) is 13.9. The van der Waals surface area contributed by atoms with E-state index in [0.717, 1.165) is 42.5 Å². The minimum Gasteiger partial charge on any atom is -0.348 e. The predicted octanol–water partition coefficient (Wildman–Crippen LogP) is 3.79. The number of hydrogen-bond donors (Lipinski definition) is 0. The van der Waals surface area contributed by atoms with Crippen LogP contribution in [0.25, 0.3) is 11.1 Å². The van der Waals surface area contributed by atoms with Crippen LogP contribution in [0.15, 0.2) is 48.8 Å². The van der Waals surface area contributed by atoms with E-state index in [1.165, 1.54) is 0 Å². The van der Waals surface area contributed by atoms with E-state index >= 15 is 0 Å². The smallest absolute Gasteiger partial charge is 0.230 e. The maximum absolute atomic E-state index is 13.3. The van der Waals surface area contributed by atoms with Crippen LogP contribution in [0.4, 0.5) is 0 Å². The highest BCUT2D eigenvalue weighted by atomic mass is 16.2. The molecule has 0 saturated carbocycles. The van der Waals surface area contributed by atoms with Gasteiger partial charge in [-0.05, 0) is 48.4 Å². The largest absolute Gasteiger partial charge is 0.348 e. The number of aromatic nitrogens is 1. The van der Waals surface area contributed by atoms with Crippen molar-refractivity contribution in [2.75, 3.05) is 27.2 Å². The molecule has 1 atom stereocenters. The topological polar surface area (TPSA) is 53.5 Å². The molecular formula is C24H31N3O2. The minimum atomic E-state index is -0.571. The summed E-state index contributed by atoms with van der Waals surface area (Å²) in [5.41, 5.74) is 2.70. The normalized spacial score (nSPS) is 19.1. The number of carbonyl (C=O) groups is 2. The molecule has 154 valence electrons. The number of benzene rings is 1. The van der Waals surface area contributed by atoms with Gasteiger partial charge in [0.05, 0.1) is 5.41 Å². The van der Waals surface area contributed by atoms with Crippen LogP contribution in [-0.2, 0) is 16.0 Å². The molecule has 0 spiro atoms. The molecule has 1 saturated heterocycles. The SMILES string of the molecule is CCCC(=O)N1CCCC(Cc2cccc(-c3cccnc3)c2)(C(=O)N(C)C)C1. The van der Waals surface area contributed by atoms with E-state index in [1.807, 2.05) is 50.3 Å². The number of likely N-dealkylation sites (tertiary alicyclic amines) is 1. The van der Waals surface area contributed by atoms with Gasteiger partial charge in [0.2, 0.25) is 11.8 Å². The standard InChI is InChI=1S/C24H31N3O2/c1-4-8-22(28)27-14-7-12-24(18-27,23(29)26(2)3)16-19-9-5-10-20(15-19)21-11-6-13-25-17-21/h5-6,9-11,13,15,17H,4,7-8,12,14,16,18H2,1-3H3. The van der Waals surface area contributed by atoms with Crippen molar-refractivity contribution in [3.63, 3.8) is 0 Å². The van der Waals surface area contributed by atoms with Gasteiger partial charge >= 0.3 is 0 Å². The van der Waals surface area contributed by atoms with E-state index in [2.05, 4.69) is 23.2 Å². The Balaban J connectivity index is 1.90. The lowest BCUT2D eigenvalue weighted by Gasteiger charge is -2.43. The maximum Gasteiger partial charge on any atom is 0.230 e. The molecule has 1 unspecified atom stereocenters. The lowest BCUT2D eigenvalue weighted by molar-refractivity contribution is -0.147. The summed E-state index contributed by atoms with van der Waals surface area (Å²) in [5, 5.41) is 0. The monoisotopic (exact) mass is 393 g/mol. The Morgan fingerprint density at radius 1 is 1.17 bits per heavy atom. The van der Waals surface area contributed by atoms with Gasteiger partial charge < -0.3 is 9.80 Å². The fourth-order valence-corrected chi connectivity index (χ4v) is 4.37. The molecule has 3 rings (SSSR count). The van der Waals surface area contributed by atoms with E-state index < -0.39 is 5.41 Å². The van der Waals surface area contributed by atoms with Crippen molar-refractivity contribution in [1.82, 2.24) is 14.8 Å². The Hall–Kier alpha value is -2.69. The Labute approximate surface area is 173 Å². The first-order valence-electron chi connectivity index (χ1n) is 10.4. The summed E-state index contributed by atoms with van der Waals surface area (Å²) in [5.74, 6) is 0.269. The number of rotatable bonds is 6. The predicted molar refractivity (Wildman–Crippen MR) is 115 cm³/mol. The van der Waals surface area contributed by atoms with E-state index in [4.69, 9.17) is 0 Å². The first-order valence-corrected chi connectivity index (χ1v) is 10.4. The van der Waals surface area contributed by atoms with E-state index in [9.17, 15) is 9.59 Å². The molecular weight excluding hydrogens is 362 g/mol. The molecule has 29 heavy (non-hydrogen) atoms. The molecule has 0 aliphatic carbocycles. The van der Waals surface area contributed by atoms with Gasteiger partial charge in [0.15, 0.2) is 0 Å². The van der Waals surface area contributed by atoms with Crippen molar-refractivity contribution >= 4 is 11.8 Å². The number of amides is 2. The Morgan fingerprint density at radius 3 is 2.66 bits per heavy atom. The highest BCUT2D eigenvalue weighted by Gasteiger charge is 2.44. The summed E-state index contributed by atoms with van der Waals surface area (Å²) >= 11 is 0. The van der Waals surface area contributed by atoms with Crippen molar-refractivity contribution in [1.29, 1.82) is 0 Å². The lowest BCUT2D eigenvalue weighted by Crippen LogP contribution is -2.54. The van der Waals surface area contributed by atoms with Crippen molar-refractivity contribution in [2.24, 2.45) is 5.41 Å². The molecule has 2 heterocycles. The van der Waals surface area contributed by atoms with Gasteiger partial charge in [-0.15, -0.1) is 0 Å². The number of carbonyl (C=O) groups excluding carboxylic acids is 2. The molecule has 5 heteroatoms. The first kappa shape index (κ1) is 21.0. The molecule has 0 bridgehead atoms. The second kappa shape index (κ2) is 9.21. The van der Waals surface area contributed by atoms with E-state index in [0.29, 0.717) is 19.4 Å². The van der Waals surface area contributed by atoms with Gasteiger partial charge in [-0.2, -0.15) is 0 Å². The third kappa shape index (κ3) is 4.84. The van der Waals surface area contributed by atoms with Gasteiger partial charge in [0.1, 0.15) is 0 Å². The summed E-state index contributed by atoms with van der Waals surface area (Å²) in [4.78, 5) is 33.6. The van der Waals surface area contributed by atoms with E-state index in [-0.39, 0.29) is 11.8 Å². The second-order valence-electron chi connectivity index (χ2n) is 8.27. The minimum absolute atomic E-state index is 0.110. The molecule has 5 nitrogen and oxygen atoms in total. The molecule has 2 amide bonds. The van der Waals surface area contributed by atoms with Crippen LogP contribution in [0, 0.1) is 5.41 Å². The Kier molecular flexibility index (Phi) is 6.68. The molecule has 1 aliphatic rings. The molecule has 2 aromatic rings. The van der Waals surface area contributed by atoms with Crippen LogP contribution in [0.5, 0.6) is 0 Å². The van der Waals surface area contributed by atoms with Crippen molar-refractivity contribution in [3.8, 4) is 11.1 Å². The molecule has 1 fully saturated rings. The number of pyridine rings is 1. The Morgan fingerprint density at radius 2 is 1.97 bits per heavy atom. The van der Waals surface area contributed by atoms with Gasteiger partial charge in [-0.25, -0.2) is 0 Å². The van der Waals surface area contributed by atoms with Crippen LogP contribution in [0.3, 0.4) is 0 Å². The van der Waals surface area contributed by atoms with Crippen molar-refractivity contribution in [2.45, 2.75) is 39.0 Å². The quantitative estimate of drug-likeness (QED) is 0.750.